The Kier molecular flexibility index (Phi) is 5.71. The average Bonchev–Trinajstić information content (AvgIpc) is 3.01. The van der Waals surface area contributed by atoms with Crippen LogP contribution in [0.1, 0.15) is 51.9 Å². The summed E-state index contributed by atoms with van der Waals surface area (Å²) < 4.78 is 13.3. The number of nitrogens with zero attached hydrogens (tertiary/aromatic N) is 1. The highest BCUT2D eigenvalue weighted by molar-refractivity contribution is 5.99. The van der Waals surface area contributed by atoms with Crippen molar-refractivity contribution in [1.82, 2.24) is 10.2 Å². The maximum atomic E-state index is 13.3. The van der Waals surface area contributed by atoms with Crippen LogP contribution in [0.25, 0.3) is 0 Å². The van der Waals surface area contributed by atoms with E-state index in [2.05, 4.69) is 10.6 Å². The number of halogens is 1. The van der Waals surface area contributed by atoms with Crippen LogP contribution in [0.15, 0.2) is 72.8 Å². The lowest BCUT2D eigenvalue weighted by Crippen LogP contribution is -2.32. The van der Waals surface area contributed by atoms with Crippen molar-refractivity contribution in [1.29, 1.82) is 0 Å². The van der Waals surface area contributed by atoms with Gasteiger partial charge in [-0.25, -0.2) is 4.39 Å². The van der Waals surface area contributed by atoms with Crippen molar-refractivity contribution in [2.45, 2.75) is 32.6 Å². The lowest BCUT2D eigenvalue weighted by molar-refractivity contribution is 0.0728. The lowest BCUT2D eigenvalue weighted by Gasteiger charge is -2.27. The van der Waals surface area contributed by atoms with E-state index >= 15 is 0 Å². The molecule has 31 heavy (non-hydrogen) atoms. The second-order valence-electron chi connectivity index (χ2n) is 7.90. The third-order valence-electron chi connectivity index (χ3n) is 5.17. The highest BCUT2D eigenvalue weighted by atomic mass is 19.1. The van der Waals surface area contributed by atoms with Gasteiger partial charge in [0.05, 0.1) is 0 Å². The quantitative estimate of drug-likeness (QED) is 0.610. The topological polar surface area (TPSA) is 61.4 Å². The van der Waals surface area contributed by atoms with Gasteiger partial charge in [-0.1, -0.05) is 36.4 Å². The predicted molar refractivity (Wildman–Crippen MR) is 118 cm³/mol. The third kappa shape index (κ3) is 4.43. The molecule has 1 heterocycles. The maximum absolute atomic E-state index is 13.3. The molecular weight excluding hydrogens is 393 g/mol. The SMILES string of the molecule is CC(C)NC(=O)c1cccc(N[C@@H]2c3ccccc3C(=O)N2Cc2ccc(F)cc2)c1. The minimum atomic E-state index is -0.405. The molecule has 1 atom stereocenters. The van der Waals surface area contributed by atoms with Gasteiger partial charge in [0.15, 0.2) is 0 Å². The van der Waals surface area contributed by atoms with E-state index in [1.807, 2.05) is 50.2 Å². The van der Waals surface area contributed by atoms with E-state index in [9.17, 15) is 14.0 Å². The molecule has 158 valence electrons. The van der Waals surface area contributed by atoms with Gasteiger partial charge in [0.1, 0.15) is 12.0 Å². The molecule has 0 saturated heterocycles. The number of rotatable bonds is 6. The first-order chi connectivity index (χ1) is 14.9. The van der Waals surface area contributed by atoms with Crippen LogP contribution in [0.3, 0.4) is 0 Å². The Morgan fingerprint density at radius 1 is 1.03 bits per heavy atom. The fraction of sp³-hybridized carbons (Fsp3) is 0.200. The van der Waals surface area contributed by atoms with Gasteiger partial charge in [-0.2, -0.15) is 0 Å². The molecular formula is C25H24FN3O2. The van der Waals surface area contributed by atoms with Crippen LogP contribution >= 0.6 is 0 Å². The van der Waals surface area contributed by atoms with Crippen molar-refractivity contribution >= 4 is 17.5 Å². The van der Waals surface area contributed by atoms with Gasteiger partial charge in [-0.3, -0.25) is 9.59 Å². The first-order valence-electron chi connectivity index (χ1n) is 10.2. The van der Waals surface area contributed by atoms with Gasteiger partial charge in [-0.05, 0) is 55.8 Å². The largest absolute Gasteiger partial charge is 0.361 e. The summed E-state index contributed by atoms with van der Waals surface area (Å²) in [5.74, 6) is -0.554. The standard InChI is InChI=1S/C25H24FN3O2/c1-16(2)27-24(30)18-6-5-7-20(14-18)28-23-21-8-3-4-9-22(21)25(31)29(23)15-17-10-12-19(26)13-11-17/h3-14,16,23,28H,15H2,1-2H3,(H,27,30)/t23-/m0/s1. The summed E-state index contributed by atoms with van der Waals surface area (Å²) in [5, 5.41) is 6.30. The Morgan fingerprint density at radius 3 is 2.52 bits per heavy atom. The van der Waals surface area contributed by atoms with Gasteiger partial charge >= 0.3 is 0 Å². The number of carbonyl (C=O) groups excluding carboxylic acids is 2. The molecule has 4 rings (SSSR count). The number of hydrogen-bond acceptors (Lipinski definition) is 3. The van der Waals surface area contributed by atoms with Crippen LogP contribution in [-0.4, -0.2) is 22.8 Å². The van der Waals surface area contributed by atoms with Gasteiger partial charge in [0, 0.05) is 35.0 Å². The Bertz CT molecular complexity index is 1110. The smallest absolute Gasteiger partial charge is 0.256 e. The second-order valence-corrected chi connectivity index (χ2v) is 7.90. The van der Waals surface area contributed by atoms with E-state index in [0.29, 0.717) is 17.7 Å². The molecule has 3 aromatic rings. The molecule has 0 aromatic heterocycles. The van der Waals surface area contributed by atoms with E-state index < -0.39 is 6.17 Å². The fourth-order valence-corrected chi connectivity index (χ4v) is 3.73. The predicted octanol–water partition coefficient (Wildman–Crippen LogP) is 4.73. The van der Waals surface area contributed by atoms with Gasteiger partial charge < -0.3 is 15.5 Å². The number of benzene rings is 3. The zero-order valence-corrected chi connectivity index (χ0v) is 17.4. The van der Waals surface area contributed by atoms with E-state index in [1.54, 1.807) is 29.2 Å². The molecule has 6 heteroatoms. The van der Waals surface area contributed by atoms with Crippen molar-refractivity contribution in [3.05, 3.63) is 101 Å². The first kappa shape index (κ1) is 20.6. The number of nitrogens with one attached hydrogen (secondary N) is 2. The van der Waals surface area contributed by atoms with E-state index in [0.717, 1.165) is 16.8 Å². The summed E-state index contributed by atoms with van der Waals surface area (Å²) >= 11 is 0. The molecule has 1 aliphatic rings. The van der Waals surface area contributed by atoms with Gasteiger partial charge in [0.2, 0.25) is 0 Å². The summed E-state index contributed by atoms with van der Waals surface area (Å²) in [6.07, 6.45) is -0.405. The highest BCUT2D eigenvalue weighted by Crippen LogP contribution is 2.35. The summed E-state index contributed by atoms with van der Waals surface area (Å²) in [7, 11) is 0. The van der Waals surface area contributed by atoms with Crippen LogP contribution < -0.4 is 10.6 Å². The summed E-state index contributed by atoms with van der Waals surface area (Å²) in [6, 6.07) is 20.9. The molecule has 2 amide bonds. The average molecular weight is 417 g/mol. The Balaban J connectivity index is 1.63. The summed E-state index contributed by atoms with van der Waals surface area (Å²) in [6.45, 7) is 4.15. The Morgan fingerprint density at radius 2 is 1.77 bits per heavy atom. The Labute approximate surface area is 180 Å². The molecule has 0 spiro atoms. The molecule has 1 aliphatic heterocycles. The monoisotopic (exact) mass is 417 g/mol. The number of anilines is 1. The van der Waals surface area contributed by atoms with E-state index in [-0.39, 0.29) is 23.7 Å². The lowest BCUT2D eigenvalue weighted by atomic mass is 10.1. The Hall–Kier alpha value is -3.67. The van der Waals surface area contributed by atoms with Crippen molar-refractivity contribution in [3.63, 3.8) is 0 Å². The molecule has 3 aromatic carbocycles. The number of carbonyl (C=O) groups is 2. The summed E-state index contributed by atoms with van der Waals surface area (Å²) in [4.78, 5) is 27.2. The highest BCUT2D eigenvalue weighted by Gasteiger charge is 2.36. The second kappa shape index (κ2) is 8.60. The zero-order chi connectivity index (χ0) is 22.0. The third-order valence-corrected chi connectivity index (χ3v) is 5.17. The minimum absolute atomic E-state index is 0.0367. The number of amides is 2. The molecule has 5 nitrogen and oxygen atoms in total. The molecule has 0 unspecified atom stereocenters. The molecule has 0 aliphatic carbocycles. The van der Waals surface area contributed by atoms with E-state index in [4.69, 9.17) is 0 Å². The van der Waals surface area contributed by atoms with E-state index in [1.165, 1.54) is 12.1 Å². The van der Waals surface area contributed by atoms with Crippen molar-refractivity contribution in [2.75, 3.05) is 5.32 Å². The number of hydrogen-bond donors (Lipinski definition) is 2. The molecule has 0 saturated carbocycles. The molecule has 0 fully saturated rings. The van der Waals surface area contributed by atoms with Gasteiger partial charge in [0.25, 0.3) is 11.8 Å². The van der Waals surface area contributed by atoms with Crippen LogP contribution in [0.4, 0.5) is 10.1 Å². The zero-order valence-electron chi connectivity index (χ0n) is 17.4. The normalized spacial score (nSPS) is 15.2. The fourth-order valence-electron chi connectivity index (χ4n) is 3.73. The molecule has 2 N–H and O–H groups in total. The van der Waals surface area contributed by atoms with Crippen molar-refractivity contribution in [2.24, 2.45) is 0 Å². The summed E-state index contributed by atoms with van der Waals surface area (Å²) in [5.41, 5.74) is 3.61. The number of fused-ring (bicyclic) bond motifs is 1. The first-order valence-corrected chi connectivity index (χ1v) is 10.2. The molecule has 0 bridgehead atoms. The van der Waals surface area contributed by atoms with Crippen LogP contribution in [0.2, 0.25) is 0 Å². The van der Waals surface area contributed by atoms with Crippen LogP contribution in [0.5, 0.6) is 0 Å². The van der Waals surface area contributed by atoms with Crippen molar-refractivity contribution < 1.29 is 14.0 Å². The maximum Gasteiger partial charge on any atom is 0.256 e. The van der Waals surface area contributed by atoms with Crippen LogP contribution in [0, 0.1) is 5.82 Å². The molecule has 0 radical (unpaired) electrons. The van der Waals surface area contributed by atoms with Crippen LogP contribution in [-0.2, 0) is 6.54 Å². The minimum Gasteiger partial charge on any atom is -0.361 e. The van der Waals surface area contributed by atoms with Crippen molar-refractivity contribution in [3.8, 4) is 0 Å². The van der Waals surface area contributed by atoms with Gasteiger partial charge in [-0.15, -0.1) is 0 Å².